The number of rotatable bonds is 3. The van der Waals surface area contributed by atoms with E-state index in [0.717, 1.165) is 27.3 Å². The highest BCUT2D eigenvalue weighted by Gasteiger charge is 2.34. The SMILES string of the molecule is O=S1c2ccc(Cl)cc2CC(N2CC[N+]([O-])(CCO)CC2)c2ccccc21. The Bertz CT molecular complexity index is 868. The molecular formula is C20H23ClN2O3S. The van der Waals surface area contributed by atoms with Crippen molar-refractivity contribution in [3.8, 4) is 0 Å². The molecule has 0 aromatic heterocycles. The zero-order valence-corrected chi connectivity index (χ0v) is 16.6. The number of aliphatic hydroxyl groups excluding tert-OH is 1. The van der Waals surface area contributed by atoms with Gasteiger partial charge in [0, 0.05) is 33.9 Å². The lowest BCUT2D eigenvalue weighted by Crippen LogP contribution is -2.57. The molecule has 2 aromatic rings. The first-order valence-corrected chi connectivity index (χ1v) is 10.7. The van der Waals surface area contributed by atoms with E-state index in [4.69, 9.17) is 16.7 Å². The second-order valence-corrected chi connectivity index (χ2v) is 9.12. The predicted octanol–water partition coefficient (Wildman–Crippen LogP) is 2.73. The number of hydrogen-bond acceptors (Lipinski definition) is 4. The second kappa shape index (κ2) is 7.62. The molecule has 0 bridgehead atoms. The monoisotopic (exact) mass is 406 g/mol. The number of hydrogen-bond donors (Lipinski definition) is 1. The summed E-state index contributed by atoms with van der Waals surface area (Å²) in [7, 11) is -1.24. The summed E-state index contributed by atoms with van der Waals surface area (Å²) >= 11 is 6.21. The molecule has 0 saturated carbocycles. The van der Waals surface area contributed by atoms with Crippen LogP contribution in [0.15, 0.2) is 52.3 Å². The Labute approximate surface area is 166 Å². The van der Waals surface area contributed by atoms with Crippen LogP contribution in [0.3, 0.4) is 0 Å². The van der Waals surface area contributed by atoms with Gasteiger partial charge in [-0.3, -0.25) is 4.90 Å². The molecule has 2 unspecified atom stereocenters. The van der Waals surface area contributed by atoms with Crippen molar-refractivity contribution in [3.63, 3.8) is 0 Å². The van der Waals surface area contributed by atoms with Crippen molar-refractivity contribution >= 4 is 22.4 Å². The topological polar surface area (TPSA) is 63.6 Å². The number of halogens is 1. The number of piperazine rings is 1. The summed E-state index contributed by atoms with van der Waals surface area (Å²) in [6, 6.07) is 13.5. The Morgan fingerprint density at radius 3 is 2.67 bits per heavy atom. The summed E-state index contributed by atoms with van der Waals surface area (Å²) in [6.45, 7) is 2.41. The van der Waals surface area contributed by atoms with Crippen LogP contribution in [0.2, 0.25) is 5.02 Å². The lowest BCUT2D eigenvalue weighted by molar-refractivity contribution is -0.885. The van der Waals surface area contributed by atoms with Gasteiger partial charge in [-0.15, -0.1) is 0 Å². The van der Waals surface area contributed by atoms with E-state index in [1.54, 1.807) is 6.07 Å². The molecule has 2 aliphatic heterocycles. The third kappa shape index (κ3) is 3.70. The molecule has 0 aliphatic carbocycles. The van der Waals surface area contributed by atoms with Crippen LogP contribution in [0.1, 0.15) is 17.2 Å². The first kappa shape index (κ1) is 19.1. The average molecular weight is 407 g/mol. The Hall–Kier alpha value is -1.28. The number of hydroxylamine groups is 3. The molecule has 2 heterocycles. The molecule has 4 rings (SSSR count). The fraction of sp³-hybridized carbons (Fsp3) is 0.400. The van der Waals surface area contributed by atoms with Crippen molar-refractivity contribution in [1.82, 2.24) is 4.90 Å². The molecule has 0 radical (unpaired) electrons. The molecule has 1 N–H and O–H groups in total. The third-order valence-electron chi connectivity index (χ3n) is 5.65. The van der Waals surface area contributed by atoms with E-state index < -0.39 is 10.8 Å². The lowest BCUT2D eigenvalue weighted by Gasteiger charge is -2.49. The van der Waals surface area contributed by atoms with Crippen molar-refractivity contribution in [2.45, 2.75) is 22.3 Å². The van der Waals surface area contributed by atoms with Crippen LogP contribution >= 0.6 is 11.6 Å². The van der Waals surface area contributed by atoms with Crippen LogP contribution in [0, 0.1) is 5.21 Å². The summed E-state index contributed by atoms with van der Waals surface area (Å²) in [4.78, 5) is 3.98. The normalized spacial score (nSPS) is 24.7. The third-order valence-corrected chi connectivity index (χ3v) is 7.46. The van der Waals surface area contributed by atoms with E-state index >= 15 is 0 Å². The van der Waals surface area contributed by atoms with Gasteiger partial charge in [-0.05, 0) is 41.8 Å². The quantitative estimate of drug-likeness (QED) is 0.628. The van der Waals surface area contributed by atoms with Gasteiger partial charge in [-0.2, -0.15) is 0 Å². The first-order chi connectivity index (χ1) is 13.0. The molecular weight excluding hydrogens is 384 g/mol. The summed E-state index contributed by atoms with van der Waals surface area (Å²) in [5.41, 5.74) is 2.07. The van der Waals surface area contributed by atoms with Crippen molar-refractivity contribution in [2.75, 3.05) is 39.3 Å². The van der Waals surface area contributed by atoms with Gasteiger partial charge in [0.2, 0.25) is 0 Å². The van der Waals surface area contributed by atoms with E-state index in [9.17, 15) is 9.42 Å². The summed E-state index contributed by atoms with van der Waals surface area (Å²) in [5.74, 6) is 0. The smallest absolute Gasteiger partial charge is 0.102 e. The second-order valence-electron chi connectivity index (χ2n) is 7.27. The lowest BCUT2D eigenvalue weighted by atomic mass is 9.96. The number of aliphatic hydroxyl groups is 1. The van der Waals surface area contributed by atoms with E-state index in [0.29, 0.717) is 31.2 Å². The maximum atomic E-state index is 13.2. The summed E-state index contributed by atoms with van der Waals surface area (Å²) < 4.78 is 12.9. The van der Waals surface area contributed by atoms with Crippen LogP contribution in [0.4, 0.5) is 0 Å². The molecule has 5 nitrogen and oxygen atoms in total. The van der Waals surface area contributed by atoms with Gasteiger partial charge in [0.15, 0.2) is 0 Å². The minimum absolute atomic E-state index is 0.0627. The Morgan fingerprint density at radius 1 is 1.19 bits per heavy atom. The molecule has 2 aromatic carbocycles. The van der Waals surface area contributed by atoms with Crippen molar-refractivity contribution in [2.24, 2.45) is 0 Å². The van der Waals surface area contributed by atoms with Gasteiger partial charge in [0.1, 0.15) is 6.54 Å². The minimum atomic E-state index is -1.24. The highest BCUT2D eigenvalue weighted by Crippen LogP contribution is 2.38. The van der Waals surface area contributed by atoms with Gasteiger partial charge in [0.05, 0.1) is 30.5 Å². The number of fused-ring (bicyclic) bond motifs is 2. The van der Waals surface area contributed by atoms with Crippen molar-refractivity contribution in [1.29, 1.82) is 0 Å². The van der Waals surface area contributed by atoms with Gasteiger partial charge in [-0.1, -0.05) is 29.8 Å². The van der Waals surface area contributed by atoms with E-state index in [1.807, 2.05) is 36.4 Å². The van der Waals surface area contributed by atoms with Crippen molar-refractivity contribution in [3.05, 3.63) is 63.8 Å². The van der Waals surface area contributed by atoms with E-state index in [-0.39, 0.29) is 23.8 Å². The van der Waals surface area contributed by atoms with Gasteiger partial charge >= 0.3 is 0 Å². The molecule has 0 spiro atoms. The van der Waals surface area contributed by atoms with E-state index in [2.05, 4.69) is 4.90 Å². The Morgan fingerprint density at radius 2 is 1.93 bits per heavy atom. The average Bonchev–Trinajstić information content (AvgIpc) is 2.78. The van der Waals surface area contributed by atoms with Crippen molar-refractivity contribution < 1.29 is 14.0 Å². The standard InChI is InChI=1S/C20H23ClN2O3S/c21-16-5-6-19-15(13-16)14-18(17-3-1-2-4-20(17)27(19)26)22-7-9-23(25,10-8-22)11-12-24/h1-6,13,18,24H,7-12,14H2. The van der Waals surface area contributed by atoms with Gasteiger partial charge in [-0.25, -0.2) is 4.21 Å². The molecule has 27 heavy (non-hydrogen) atoms. The summed E-state index contributed by atoms with van der Waals surface area (Å²) in [5, 5.41) is 22.4. The predicted molar refractivity (Wildman–Crippen MR) is 106 cm³/mol. The molecule has 7 heteroatoms. The van der Waals surface area contributed by atoms with Crippen LogP contribution in [-0.2, 0) is 17.2 Å². The Kier molecular flexibility index (Phi) is 5.38. The number of quaternary nitrogens is 1. The van der Waals surface area contributed by atoms with Gasteiger partial charge in [0.25, 0.3) is 0 Å². The fourth-order valence-corrected chi connectivity index (χ4v) is 5.76. The maximum absolute atomic E-state index is 13.2. The first-order valence-electron chi connectivity index (χ1n) is 9.22. The molecule has 0 amide bonds. The summed E-state index contributed by atoms with van der Waals surface area (Å²) in [6.07, 6.45) is 0.720. The van der Waals surface area contributed by atoms with Crippen LogP contribution in [0.5, 0.6) is 0 Å². The molecule has 1 saturated heterocycles. The number of benzene rings is 2. The largest absolute Gasteiger partial charge is 0.633 e. The minimum Gasteiger partial charge on any atom is -0.633 e. The highest BCUT2D eigenvalue weighted by molar-refractivity contribution is 7.85. The fourth-order valence-electron chi connectivity index (χ4n) is 4.14. The van der Waals surface area contributed by atoms with Crippen LogP contribution in [0.25, 0.3) is 0 Å². The van der Waals surface area contributed by atoms with Gasteiger partial charge < -0.3 is 15.0 Å². The highest BCUT2D eigenvalue weighted by atomic mass is 35.5. The molecule has 144 valence electrons. The molecule has 2 aliphatic rings. The zero-order chi connectivity index (χ0) is 19.0. The van der Waals surface area contributed by atoms with Crippen LogP contribution < -0.4 is 0 Å². The van der Waals surface area contributed by atoms with Crippen LogP contribution in [-0.4, -0.2) is 58.2 Å². The molecule has 1 fully saturated rings. The molecule has 2 atom stereocenters. The van der Waals surface area contributed by atoms with E-state index in [1.165, 1.54) is 0 Å². The number of nitrogens with zero attached hydrogens (tertiary/aromatic N) is 2. The Balaban J connectivity index is 1.70. The maximum Gasteiger partial charge on any atom is 0.102 e. The zero-order valence-electron chi connectivity index (χ0n) is 15.0.